The van der Waals surface area contributed by atoms with Gasteiger partial charge < -0.3 is 40.7 Å². The summed E-state index contributed by atoms with van der Waals surface area (Å²) in [6, 6.07) is 7.28. The number of piperazine rings is 1. The molecule has 5 heterocycles. The number of nitrogens with zero attached hydrogens (tertiary/aromatic N) is 8. The molecule has 2 fully saturated rings. The summed E-state index contributed by atoms with van der Waals surface area (Å²) in [5.74, 6) is -2.09. The van der Waals surface area contributed by atoms with Crippen molar-refractivity contribution in [1.29, 1.82) is 0 Å². The van der Waals surface area contributed by atoms with Crippen LogP contribution in [0.3, 0.4) is 0 Å². The fraction of sp³-hybridized carbons (Fsp3) is 0.371. The molecule has 5 amide bonds. The van der Waals surface area contributed by atoms with Gasteiger partial charge in [0.05, 0.1) is 39.9 Å². The van der Waals surface area contributed by atoms with Gasteiger partial charge in [0.2, 0.25) is 11.8 Å². The number of rotatable bonds is 10. The number of amides is 5. The van der Waals surface area contributed by atoms with Gasteiger partial charge in [0, 0.05) is 77.1 Å². The number of pyridine rings is 1. The second-order valence-electron chi connectivity index (χ2n) is 13.2. The van der Waals surface area contributed by atoms with E-state index >= 15 is 0 Å². The number of benzene rings is 1. The zero-order chi connectivity index (χ0) is 40.3. The SMILES string of the molecule is Cn1c(-c2cn(-c3ccc(NCCC(N)=O)cn3)nc2C(F)(F)F)cnc1C(=O)Nc1ccc(C(=O)N2CCN(C(=O)C3CCN(C(=O)O)CC3)CC2)c(Cl)c1. The van der Waals surface area contributed by atoms with Crippen LogP contribution in [0.25, 0.3) is 17.1 Å². The molecular formula is C35H37ClF3N11O6. The van der Waals surface area contributed by atoms with Crippen LogP contribution in [-0.4, -0.2) is 120 Å². The van der Waals surface area contributed by atoms with E-state index < -0.39 is 29.8 Å². The Hall–Kier alpha value is -6.18. The fourth-order valence-electron chi connectivity index (χ4n) is 6.54. The minimum atomic E-state index is -4.87. The number of hydrogen-bond donors (Lipinski definition) is 4. The van der Waals surface area contributed by atoms with Crippen molar-refractivity contribution in [3.05, 3.63) is 71.0 Å². The molecule has 0 unspecified atom stereocenters. The quantitative estimate of drug-likeness (QED) is 0.183. The van der Waals surface area contributed by atoms with Crippen LogP contribution in [0, 0.1) is 5.92 Å². The number of nitrogens with one attached hydrogen (secondary N) is 2. The summed E-state index contributed by atoms with van der Waals surface area (Å²) in [5, 5.41) is 18.5. The predicted molar refractivity (Wildman–Crippen MR) is 195 cm³/mol. The number of carboxylic acid groups (broad SMARTS) is 1. The summed E-state index contributed by atoms with van der Waals surface area (Å²) in [4.78, 5) is 74.6. The van der Waals surface area contributed by atoms with Crippen molar-refractivity contribution in [2.75, 3.05) is 56.4 Å². The number of alkyl halides is 3. The summed E-state index contributed by atoms with van der Waals surface area (Å²) in [7, 11) is 1.38. The highest BCUT2D eigenvalue weighted by atomic mass is 35.5. The number of piperidine rings is 1. The molecule has 6 rings (SSSR count). The van der Waals surface area contributed by atoms with Crippen LogP contribution in [0.2, 0.25) is 5.02 Å². The smallest absolute Gasteiger partial charge is 0.435 e. The topological polar surface area (TPSA) is 214 Å². The molecule has 2 aliphatic rings. The third-order valence-corrected chi connectivity index (χ3v) is 9.90. The standard InChI is InChI=1S/C35H37ClF3N11O6/c1-46-26(24-19-50(45-29(24)35(37,38)39)28-5-3-22(17-42-28)41-9-6-27(40)51)18-43-30(46)31(52)44-21-2-4-23(25(36)16-21)33(54)48-14-12-47(13-15-48)32(53)20-7-10-49(11-8-20)34(55)56/h2-5,16-20,41H,6-15H2,1H3,(H2,40,51)(H,44,52)(H,55,56). The molecule has 0 saturated carbocycles. The van der Waals surface area contributed by atoms with Crippen molar-refractivity contribution in [3.8, 4) is 17.1 Å². The number of carbonyl (C=O) groups is 5. The minimum Gasteiger partial charge on any atom is -0.465 e. The van der Waals surface area contributed by atoms with Gasteiger partial charge in [-0.1, -0.05) is 11.6 Å². The van der Waals surface area contributed by atoms with Gasteiger partial charge in [0.25, 0.3) is 11.8 Å². The van der Waals surface area contributed by atoms with Crippen molar-refractivity contribution in [2.24, 2.45) is 18.7 Å². The monoisotopic (exact) mass is 799 g/mol. The Morgan fingerprint density at radius 2 is 1.61 bits per heavy atom. The van der Waals surface area contributed by atoms with Crippen LogP contribution < -0.4 is 16.4 Å². The van der Waals surface area contributed by atoms with Crippen molar-refractivity contribution in [2.45, 2.75) is 25.4 Å². The van der Waals surface area contributed by atoms with Crippen molar-refractivity contribution < 1.29 is 42.3 Å². The number of nitrogens with two attached hydrogens (primary N) is 1. The van der Waals surface area contributed by atoms with Crippen LogP contribution in [0.15, 0.2) is 48.9 Å². The van der Waals surface area contributed by atoms with Gasteiger partial charge in [0.1, 0.15) is 0 Å². The lowest BCUT2D eigenvalue weighted by molar-refractivity contribution is -0.141. The van der Waals surface area contributed by atoms with E-state index in [2.05, 4.69) is 25.7 Å². The predicted octanol–water partition coefficient (Wildman–Crippen LogP) is 3.55. The molecule has 56 heavy (non-hydrogen) atoms. The normalized spacial score (nSPS) is 15.1. The Bertz CT molecular complexity index is 2140. The summed E-state index contributed by atoms with van der Waals surface area (Å²) in [6.45, 7) is 2.01. The van der Waals surface area contributed by atoms with Gasteiger partial charge in [-0.25, -0.2) is 19.4 Å². The summed E-state index contributed by atoms with van der Waals surface area (Å²) in [5.41, 5.74) is 4.39. The zero-order valence-corrected chi connectivity index (χ0v) is 30.7. The van der Waals surface area contributed by atoms with Crippen LogP contribution in [-0.2, 0) is 22.8 Å². The highest BCUT2D eigenvalue weighted by molar-refractivity contribution is 6.34. The Morgan fingerprint density at radius 3 is 2.21 bits per heavy atom. The first-order chi connectivity index (χ1) is 26.6. The Kier molecular flexibility index (Phi) is 11.5. The summed E-state index contributed by atoms with van der Waals surface area (Å²) < 4.78 is 44.7. The van der Waals surface area contributed by atoms with E-state index in [4.69, 9.17) is 22.4 Å². The first-order valence-electron chi connectivity index (χ1n) is 17.4. The van der Waals surface area contributed by atoms with Gasteiger partial charge in [-0.2, -0.15) is 18.3 Å². The fourth-order valence-corrected chi connectivity index (χ4v) is 6.81. The second-order valence-corrected chi connectivity index (χ2v) is 13.6. The molecule has 2 aliphatic heterocycles. The van der Waals surface area contributed by atoms with Crippen LogP contribution >= 0.6 is 11.6 Å². The summed E-state index contributed by atoms with van der Waals surface area (Å²) >= 11 is 6.49. The lowest BCUT2D eigenvalue weighted by Gasteiger charge is -2.38. The molecule has 1 aromatic carbocycles. The largest absolute Gasteiger partial charge is 0.465 e. The maximum Gasteiger partial charge on any atom is 0.435 e. The molecule has 0 bridgehead atoms. The molecule has 296 valence electrons. The van der Waals surface area contributed by atoms with Crippen LogP contribution in [0.4, 0.5) is 29.3 Å². The molecule has 0 radical (unpaired) electrons. The first-order valence-corrected chi connectivity index (χ1v) is 17.8. The average molecular weight is 800 g/mol. The number of anilines is 2. The number of carbonyl (C=O) groups excluding carboxylic acids is 4. The Labute approximate surface area is 322 Å². The van der Waals surface area contributed by atoms with Gasteiger partial charge in [0.15, 0.2) is 17.3 Å². The summed E-state index contributed by atoms with van der Waals surface area (Å²) in [6.07, 6.45) is -1.27. The molecule has 21 heteroatoms. The van der Waals surface area contributed by atoms with Crippen molar-refractivity contribution in [1.82, 2.24) is 39.0 Å². The molecule has 2 saturated heterocycles. The second kappa shape index (κ2) is 16.3. The highest BCUT2D eigenvalue weighted by Crippen LogP contribution is 2.37. The maximum atomic E-state index is 14.2. The van der Waals surface area contributed by atoms with E-state index in [1.807, 2.05) is 0 Å². The molecular weight excluding hydrogens is 763 g/mol. The van der Waals surface area contributed by atoms with Crippen LogP contribution in [0.5, 0.6) is 0 Å². The molecule has 5 N–H and O–H groups in total. The van der Waals surface area contributed by atoms with Gasteiger partial charge >= 0.3 is 12.3 Å². The Morgan fingerprint density at radius 1 is 0.929 bits per heavy atom. The van der Waals surface area contributed by atoms with Gasteiger partial charge in [-0.05, 0) is 43.2 Å². The van der Waals surface area contributed by atoms with Crippen LogP contribution in [0.1, 0.15) is 45.9 Å². The van der Waals surface area contributed by atoms with Gasteiger partial charge in [-0.15, -0.1) is 0 Å². The highest BCUT2D eigenvalue weighted by Gasteiger charge is 2.39. The van der Waals surface area contributed by atoms with Crippen molar-refractivity contribution in [3.63, 3.8) is 0 Å². The number of likely N-dealkylation sites (tertiary alicyclic amines) is 1. The number of primary amides is 1. The molecule has 17 nitrogen and oxygen atoms in total. The third kappa shape index (κ3) is 8.69. The van der Waals surface area contributed by atoms with E-state index in [0.29, 0.717) is 44.7 Å². The zero-order valence-electron chi connectivity index (χ0n) is 29.9. The van der Waals surface area contributed by atoms with E-state index in [9.17, 15) is 37.1 Å². The van der Waals surface area contributed by atoms with Gasteiger partial charge in [-0.3, -0.25) is 19.2 Å². The number of aromatic nitrogens is 5. The molecule has 0 atom stereocenters. The van der Waals surface area contributed by atoms with E-state index in [1.165, 1.54) is 47.0 Å². The first kappa shape index (κ1) is 39.5. The lowest BCUT2D eigenvalue weighted by atomic mass is 9.95. The molecule has 3 aromatic heterocycles. The van der Waals surface area contributed by atoms with Crippen molar-refractivity contribution >= 4 is 52.7 Å². The van der Waals surface area contributed by atoms with E-state index in [1.54, 1.807) is 15.9 Å². The molecule has 0 aliphatic carbocycles. The molecule has 0 spiro atoms. The minimum absolute atomic E-state index is 0.0438. The number of halogens is 4. The van der Waals surface area contributed by atoms with E-state index in [0.717, 1.165) is 17.1 Å². The number of imidazole rings is 1. The average Bonchev–Trinajstić information content (AvgIpc) is 3.79. The third-order valence-electron chi connectivity index (χ3n) is 9.58. The number of hydrogen-bond acceptors (Lipinski definition) is 9. The molecule has 4 aromatic rings. The van der Waals surface area contributed by atoms with E-state index in [-0.39, 0.29) is 83.0 Å². The lowest BCUT2D eigenvalue weighted by Crippen LogP contribution is -2.53. The Balaban J connectivity index is 1.09. The maximum absolute atomic E-state index is 14.2.